The van der Waals surface area contributed by atoms with E-state index in [1.165, 1.54) is 0 Å². The molecule has 0 aliphatic rings. The smallest absolute Gasteiger partial charge is 0.133 e. The number of ether oxygens (including phenoxy) is 1. The first-order valence-corrected chi connectivity index (χ1v) is 6.32. The van der Waals surface area contributed by atoms with Gasteiger partial charge in [-0.05, 0) is 12.8 Å². The van der Waals surface area contributed by atoms with Crippen molar-refractivity contribution in [1.82, 2.24) is 9.97 Å². The quantitative estimate of drug-likeness (QED) is 0.565. The molecule has 0 saturated carbocycles. The fourth-order valence-electron chi connectivity index (χ4n) is 1.50. The van der Waals surface area contributed by atoms with Crippen LogP contribution in [0.3, 0.4) is 0 Å². The highest BCUT2D eigenvalue weighted by atomic mass is 16.5. The summed E-state index contributed by atoms with van der Waals surface area (Å²) in [6.07, 6.45) is 2.68. The fourth-order valence-corrected chi connectivity index (χ4v) is 1.50. The van der Waals surface area contributed by atoms with Crippen LogP contribution in [0.4, 0.5) is 11.6 Å². The molecule has 1 aromatic heterocycles. The zero-order valence-corrected chi connectivity index (χ0v) is 10.9. The van der Waals surface area contributed by atoms with Gasteiger partial charge in [-0.3, -0.25) is 0 Å². The number of aromatic nitrogens is 2. The average molecular weight is 254 g/mol. The summed E-state index contributed by atoms with van der Waals surface area (Å²) in [6.45, 7) is 3.92. The first-order chi connectivity index (χ1) is 8.76. The van der Waals surface area contributed by atoms with Gasteiger partial charge >= 0.3 is 0 Å². The Morgan fingerprint density at radius 3 is 2.94 bits per heavy atom. The van der Waals surface area contributed by atoms with Crippen molar-refractivity contribution in [2.75, 3.05) is 37.4 Å². The largest absolute Gasteiger partial charge is 0.394 e. The molecular weight excluding hydrogens is 232 g/mol. The molecule has 6 heteroatoms. The van der Waals surface area contributed by atoms with Crippen LogP contribution in [0.2, 0.25) is 0 Å². The number of aliphatic hydroxyl groups excluding tert-OH is 1. The summed E-state index contributed by atoms with van der Waals surface area (Å²) in [5, 5.41) is 11.7. The number of nitrogens with one attached hydrogen (secondary N) is 1. The second kappa shape index (κ2) is 8.66. The van der Waals surface area contributed by atoms with Crippen molar-refractivity contribution in [2.45, 2.75) is 26.2 Å². The lowest BCUT2D eigenvalue weighted by molar-refractivity contribution is 0.0922. The topological polar surface area (TPSA) is 93.3 Å². The second-order valence-corrected chi connectivity index (χ2v) is 3.96. The zero-order chi connectivity index (χ0) is 13.2. The number of anilines is 2. The first kappa shape index (κ1) is 14.7. The van der Waals surface area contributed by atoms with Gasteiger partial charge in [-0.15, -0.1) is 0 Å². The van der Waals surface area contributed by atoms with Gasteiger partial charge in [-0.25, -0.2) is 9.97 Å². The highest BCUT2D eigenvalue weighted by Crippen LogP contribution is 2.09. The average Bonchev–Trinajstić information content (AvgIpc) is 2.33. The molecule has 6 nitrogen and oxygen atoms in total. The number of nitrogens with two attached hydrogens (primary N) is 1. The molecule has 0 bridgehead atoms. The highest BCUT2D eigenvalue weighted by Gasteiger charge is 2.01. The van der Waals surface area contributed by atoms with Gasteiger partial charge < -0.3 is 20.9 Å². The third kappa shape index (κ3) is 5.79. The first-order valence-electron chi connectivity index (χ1n) is 6.32. The van der Waals surface area contributed by atoms with Crippen LogP contribution in [-0.2, 0) is 11.2 Å². The third-order valence-corrected chi connectivity index (χ3v) is 2.27. The maximum atomic E-state index is 8.54. The summed E-state index contributed by atoms with van der Waals surface area (Å²) in [4.78, 5) is 8.54. The Bertz CT molecular complexity index is 347. The van der Waals surface area contributed by atoms with Crippen LogP contribution in [0.5, 0.6) is 0 Å². The van der Waals surface area contributed by atoms with E-state index in [4.69, 9.17) is 15.6 Å². The van der Waals surface area contributed by atoms with Crippen LogP contribution in [-0.4, -0.2) is 41.4 Å². The third-order valence-electron chi connectivity index (χ3n) is 2.27. The van der Waals surface area contributed by atoms with Crippen molar-refractivity contribution in [1.29, 1.82) is 0 Å². The maximum Gasteiger partial charge on any atom is 0.133 e. The highest BCUT2D eigenvalue weighted by molar-refractivity contribution is 5.44. The van der Waals surface area contributed by atoms with Crippen LogP contribution >= 0.6 is 0 Å². The van der Waals surface area contributed by atoms with E-state index >= 15 is 0 Å². The van der Waals surface area contributed by atoms with Crippen LogP contribution in [0.1, 0.15) is 25.6 Å². The molecular formula is C12H22N4O2. The van der Waals surface area contributed by atoms with Crippen LogP contribution in [0.15, 0.2) is 6.07 Å². The van der Waals surface area contributed by atoms with E-state index in [2.05, 4.69) is 22.2 Å². The van der Waals surface area contributed by atoms with Crippen LogP contribution in [0.25, 0.3) is 0 Å². The summed E-state index contributed by atoms with van der Waals surface area (Å²) in [7, 11) is 0. The molecule has 1 rings (SSSR count). The van der Waals surface area contributed by atoms with E-state index in [0.29, 0.717) is 19.0 Å². The monoisotopic (exact) mass is 254 g/mol. The van der Waals surface area contributed by atoms with Gasteiger partial charge in [0.05, 0.1) is 13.2 Å². The van der Waals surface area contributed by atoms with Gasteiger partial charge in [-0.1, -0.05) is 6.92 Å². The number of hydrogen-bond acceptors (Lipinski definition) is 6. The molecule has 102 valence electrons. The van der Waals surface area contributed by atoms with E-state index in [-0.39, 0.29) is 6.61 Å². The Balaban J connectivity index is 2.32. The standard InChI is InChI=1S/C12H22N4O2/c1-2-4-11-15-10(13)9-12(16-11)14-5-3-7-18-8-6-17/h9,17H,2-8H2,1H3,(H3,13,14,15,16). The summed E-state index contributed by atoms with van der Waals surface area (Å²) >= 11 is 0. The zero-order valence-electron chi connectivity index (χ0n) is 10.9. The molecule has 1 aromatic rings. The van der Waals surface area contributed by atoms with Crippen molar-refractivity contribution >= 4 is 11.6 Å². The number of hydrogen-bond donors (Lipinski definition) is 3. The van der Waals surface area contributed by atoms with Crippen LogP contribution in [0, 0.1) is 0 Å². The maximum absolute atomic E-state index is 8.54. The fraction of sp³-hybridized carbons (Fsp3) is 0.667. The van der Waals surface area contributed by atoms with E-state index in [1.54, 1.807) is 6.07 Å². The van der Waals surface area contributed by atoms with E-state index < -0.39 is 0 Å². The molecule has 0 atom stereocenters. The number of nitrogen functional groups attached to an aromatic ring is 1. The molecule has 4 N–H and O–H groups in total. The van der Waals surface area contributed by atoms with Crippen molar-refractivity contribution < 1.29 is 9.84 Å². The van der Waals surface area contributed by atoms with Gasteiger partial charge in [0.2, 0.25) is 0 Å². The van der Waals surface area contributed by atoms with Crippen molar-refractivity contribution in [3.63, 3.8) is 0 Å². The Morgan fingerprint density at radius 2 is 2.22 bits per heavy atom. The van der Waals surface area contributed by atoms with Crippen LogP contribution < -0.4 is 11.1 Å². The summed E-state index contributed by atoms with van der Waals surface area (Å²) in [5.41, 5.74) is 5.72. The second-order valence-electron chi connectivity index (χ2n) is 3.96. The number of rotatable bonds is 9. The molecule has 0 radical (unpaired) electrons. The van der Waals surface area contributed by atoms with Gasteiger partial charge in [-0.2, -0.15) is 0 Å². The predicted molar refractivity (Wildman–Crippen MR) is 71.5 cm³/mol. The minimum Gasteiger partial charge on any atom is -0.394 e. The molecule has 0 fully saturated rings. The molecule has 18 heavy (non-hydrogen) atoms. The predicted octanol–water partition coefficient (Wildman–Crippen LogP) is 0.822. The minimum absolute atomic E-state index is 0.0657. The molecule has 0 saturated heterocycles. The molecule has 0 aliphatic carbocycles. The lowest BCUT2D eigenvalue weighted by Crippen LogP contribution is -2.10. The van der Waals surface area contributed by atoms with Gasteiger partial charge in [0.15, 0.2) is 0 Å². The summed E-state index contributed by atoms with van der Waals surface area (Å²) < 4.78 is 5.16. The van der Waals surface area contributed by atoms with E-state index in [0.717, 1.165) is 37.4 Å². The number of nitrogens with zero attached hydrogens (tertiary/aromatic N) is 2. The minimum atomic E-state index is 0.0657. The summed E-state index contributed by atoms with van der Waals surface area (Å²) in [6, 6.07) is 1.73. The van der Waals surface area contributed by atoms with Gasteiger partial charge in [0.25, 0.3) is 0 Å². The molecule has 0 amide bonds. The SMILES string of the molecule is CCCc1nc(N)cc(NCCCOCCO)n1. The normalized spacial score (nSPS) is 10.6. The van der Waals surface area contributed by atoms with E-state index in [1.807, 2.05) is 0 Å². The van der Waals surface area contributed by atoms with Gasteiger partial charge in [0, 0.05) is 25.6 Å². The summed E-state index contributed by atoms with van der Waals surface area (Å²) in [5.74, 6) is 2.03. The lowest BCUT2D eigenvalue weighted by atomic mass is 10.3. The molecule has 0 aromatic carbocycles. The molecule has 0 unspecified atom stereocenters. The van der Waals surface area contributed by atoms with Gasteiger partial charge in [0.1, 0.15) is 17.5 Å². The Labute approximate surface area is 108 Å². The van der Waals surface area contributed by atoms with Crippen molar-refractivity contribution in [3.05, 3.63) is 11.9 Å². The number of aliphatic hydroxyl groups is 1. The molecule has 1 heterocycles. The number of aryl methyl sites for hydroxylation is 1. The Morgan fingerprint density at radius 1 is 1.39 bits per heavy atom. The van der Waals surface area contributed by atoms with Crippen molar-refractivity contribution in [3.8, 4) is 0 Å². The van der Waals surface area contributed by atoms with Crippen molar-refractivity contribution in [2.24, 2.45) is 0 Å². The molecule has 0 spiro atoms. The Kier molecular flexibility index (Phi) is 7.05. The lowest BCUT2D eigenvalue weighted by Gasteiger charge is -2.08. The van der Waals surface area contributed by atoms with E-state index in [9.17, 15) is 0 Å². The Hall–Kier alpha value is -1.40. The molecule has 0 aliphatic heterocycles.